The van der Waals surface area contributed by atoms with Gasteiger partial charge in [-0.2, -0.15) is 15.0 Å². The van der Waals surface area contributed by atoms with Gasteiger partial charge in [0.15, 0.2) is 0 Å². The van der Waals surface area contributed by atoms with Crippen molar-refractivity contribution in [3.05, 3.63) is 38.7 Å². The molecule has 2 aromatic rings. The minimum absolute atomic E-state index is 0.0840. The third-order valence-corrected chi connectivity index (χ3v) is 2.64. The topological polar surface area (TPSA) is 112 Å². The molecule has 0 amide bonds. The maximum Gasteiger partial charge on any atom is 0.332 e. The molecule has 18 heavy (non-hydrogen) atoms. The molecule has 0 bridgehead atoms. The van der Waals surface area contributed by atoms with Gasteiger partial charge in [0.2, 0.25) is 0 Å². The average Bonchev–Trinajstić information content (AvgIpc) is 2.72. The molecule has 0 aliphatic carbocycles. The summed E-state index contributed by atoms with van der Waals surface area (Å²) in [5.41, 5.74) is 4.92. The van der Waals surface area contributed by atoms with E-state index < -0.39 is 11.2 Å². The third-order valence-electron chi connectivity index (χ3n) is 2.64. The van der Waals surface area contributed by atoms with E-state index in [9.17, 15) is 9.59 Å². The van der Waals surface area contributed by atoms with Crippen molar-refractivity contribution in [3.63, 3.8) is 0 Å². The predicted octanol–water partition coefficient (Wildman–Crippen LogP) is -1.28. The van der Waals surface area contributed by atoms with Crippen LogP contribution in [0.15, 0.2) is 21.9 Å². The number of hydrogen-bond acceptors (Lipinski definition) is 5. The van der Waals surface area contributed by atoms with Crippen molar-refractivity contribution in [3.8, 4) is 11.9 Å². The molecule has 0 saturated carbocycles. The van der Waals surface area contributed by atoms with E-state index in [-0.39, 0.29) is 17.2 Å². The fourth-order valence-electron chi connectivity index (χ4n) is 1.55. The Labute approximate surface area is 101 Å². The fourth-order valence-corrected chi connectivity index (χ4v) is 1.55. The van der Waals surface area contributed by atoms with E-state index >= 15 is 0 Å². The largest absolute Gasteiger partial charge is 0.382 e. The SMILES string of the molecule is Cn1c(-n2ncc(C#N)c2N)cc(=O)n(C)c1=O. The zero-order valence-electron chi connectivity index (χ0n) is 9.78. The van der Waals surface area contributed by atoms with Crippen molar-refractivity contribution < 1.29 is 0 Å². The van der Waals surface area contributed by atoms with Crippen LogP contribution in [0.3, 0.4) is 0 Å². The van der Waals surface area contributed by atoms with Crippen molar-refractivity contribution in [1.82, 2.24) is 18.9 Å². The monoisotopic (exact) mass is 246 g/mol. The van der Waals surface area contributed by atoms with E-state index in [0.717, 1.165) is 4.57 Å². The molecule has 0 unspecified atom stereocenters. The lowest BCUT2D eigenvalue weighted by atomic mass is 10.4. The van der Waals surface area contributed by atoms with Gasteiger partial charge in [0.05, 0.1) is 6.20 Å². The second-order valence-corrected chi connectivity index (χ2v) is 3.71. The number of nitriles is 1. The lowest BCUT2D eigenvalue weighted by molar-refractivity contribution is 0.650. The molecule has 0 aromatic carbocycles. The number of hydrogen-bond donors (Lipinski definition) is 1. The molecular weight excluding hydrogens is 236 g/mol. The van der Waals surface area contributed by atoms with E-state index in [1.54, 1.807) is 0 Å². The van der Waals surface area contributed by atoms with Crippen molar-refractivity contribution >= 4 is 5.82 Å². The normalized spacial score (nSPS) is 10.3. The van der Waals surface area contributed by atoms with Gasteiger partial charge in [-0.3, -0.25) is 13.9 Å². The van der Waals surface area contributed by atoms with E-state index in [1.165, 1.54) is 35.6 Å². The summed E-state index contributed by atoms with van der Waals surface area (Å²) in [4.78, 5) is 23.3. The summed E-state index contributed by atoms with van der Waals surface area (Å²) in [5, 5.41) is 12.7. The highest BCUT2D eigenvalue weighted by molar-refractivity contribution is 5.51. The molecule has 2 N–H and O–H groups in total. The number of nitrogens with zero attached hydrogens (tertiary/aromatic N) is 5. The molecule has 0 fully saturated rings. The van der Waals surface area contributed by atoms with Gasteiger partial charge in [0, 0.05) is 20.2 Å². The van der Waals surface area contributed by atoms with Crippen LogP contribution < -0.4 is 17.0 Å². The molecular formula is C10H10N6O2. The Kier molecular flexibility index (Phi) is 2.52. The van der Waals surface area contributed by atoms with Gasteiger partial charge >= 0.3 is 5.69 Å². The van der Waals surface area contributed by atoms with Crippen molar-refractivity contribution in [2.75, 3.05) is 5.73 Å². The molecule has 0 radical (unpaired) electrons. The number of anilines is 1. The van der Waals surface area contributed by atoms with E-state index in [1.807, 2.05) is 6.07 Å². The summed E-state index contributed by atoms with van der Waals surface area (Å²) < 4.78 is 3.38. The Balaban J connectivity index is 2.81. The first kappa shape index (κ1) is 11.7. The van der Waals surface area contributed by atoms with Gasteiger partial charge in [0.1, 0.15) is 23.3 Å². The molecule has 2 rings (SSSR count). The van der Waals surface area contributed by atoms with Crippen LogP contribution >= 0.6 is 0 Å². The van der Waals surface area contributed by atoms with Crippen LogP contribution in [0.4, 0.5) is 5.82 Å². The Morgan fingerprint density at radius 1 is 1.33 bits per heavy atom. The van der Waals surface area contributed by atoms with Crippen molar-refractivity contribution in [2.45, 2.75) is 0 Å². The van der Waals surface area contributed by atoms with Gasteiger partial charge in [-0.25, -0.2) is 4.79 Å². The summed E-state index contributed by atoms with van der Waals surface area (Å²) in [7, 11) is 2.87. The smallest absolute Gasteiger partial charge is 0.332 e. The second-order valence-electron chi connectivity index (χ2n) is 3.71. The summed E-state index contributed by atoms with van der Waals surface area (Å²) >= 11 is 0. The van der Waals surface area contributed by atoms with Crippen LogP contribution in [0.1, 0.15) is 5.56 Å². The summed E-state index contributed by atoms with van der Waals surface area (Å²) in [5.74, 6) is 0.294. The van der Waals surface area contributed by atoms with Crippen LogP contribution in [-0.2, 0) is 14.1 Å². The van der Waals surface area contributed by atoms with Crippen molar-refractivity contribution in [1.29, 1.82) is 5.26 Å². The Morgan fingerprint density at radius 3 is 2.56 bits per heavy atom. The van der Waals surface area contributed by atoms with Crippen LogP contribution in [0.5, 0.6) is 0 Å². The molecule has 8 heteroatoms. The van der Waals surface area contributed by atoms with Crippen molar-refractivity contribution in [2.24, 2.45) is 14.1 Å². The van der Waals surface area contributed by atoms with Crippen LogP contribution in [0.2, 0.25) is 0 Å². The maximum absolute atomic E-state index is 11.8. The lowest BCUT2D eigenvalue weighted by Crippen LogP contribution is -2.38. The number of nitrogen functional groups attached to an aromatic ring is 1. The van der Waals surface area contributed by atoms with Gasteiger partial charge in [-0.15, -0.1) is 0 Å². The highest BCUT2D eigenvalue weighted by Gasteiger charge is 2.13. The van der Waals surface area contributed by atoms with Crippen LogP contribution in [0.25, 0.3) is 5.82 Å². The zero-order chi connectivity index (χ0) is 13.4. The van der Waals surface area contributed by atoms with Gasteiger partial charge in [-0.1, -0.05) is 0 Å². The molecule has 8 nitrogen and oxygen atoms in total. The first-order chi connectivity index (χ1) is 8.47. The molecule has 0 atom stereocenters. The number of aromatic nitrogens is 4. The first-order valence-electron chi connectivity index (χ1n) is 4.98. The van der Waals surface area contributed by atoms with Gasteiger partial charge in [0.25, 0.3) is 5.56 Å². The van der Waals surface area contributed by atoms with Gasteiger partial charge < -0.3 is 5.73 Å². The molecule has 0 saturated heterocycles. The number of nitrogens with two attached hydrogens (primary N) is 1. The highest BCUT2D eigenvalue weighted by atomic mass is 16.2. The molecule has 2 heterocycles. The van der Waals surface area contributed by atoms with E-state index in [0.29, 0.717) is 0 Å². The summed E-state index contributed by atoms with van der Waals surface area (Å²) in [6.07, 6.45) is 1.28. The molecule has 0 aliphatic rings. The highest BCUT2D eigenvalue weighted by Crippen LogP contribution is 2.13. The molecule has 2 aromatic heterocycles. The first-order valence-corrected chi connectivity index (χ1v) is 4.98. The average molecular weight is 246 g/mol. The van der Waals surface area contributed by atoms with Crippen LogP contribution in [-0.4, -0.2) is 18.9 Å². The Bertz CT molecular complexity index is 773. The summed E-state index contributed by atoms with van der Waals surface area (Å²) in [6.45, 7) is 0. The molecule has 0 spiro atoms. The number of rotatable bonds is 1. The minimum atomic E-state index is -0.495. The quantitative estimate of drug-likeness (QED) is 0.673. The second kappa shape index (κ2) is 3.89. The zero-order valence-corrected chi connectivity index (χ0v) is 9.78. The predicted molar refractivity (Wildman–Crippen MR) is 63.2 cm³/mol. The van der Waals surface area contributed by atoms with E-state index in [4.69, 9.17) is 11.0 Å². The third kappa shape index (κ3) is 1.49. The minimum Gasteiger partial charge on any atom is -0.382 e. The molecule has 92 valence electrons. The fraction of sp³-hybridized carbons (Fsp3) is 0.200. The summed E-state index contributed by atoms with van der Waals surface area (Å²) in [6, 6.07) is 3.09. The van der Waals surface area contributed by atoms with Crippen LogP contribution in [0, 0.1) is 11.3 Å². The standard InChI is InChI=1S/C10H10N6O2/c1-14-7(3-8(17)15(2)10(14)18)16-9(12)6(4-11)5-13-16/h3,5H,12H2,1-2H3. The molecule has 0 aliphatic heterocycles. The van der Waals surface area contributed by atoms with Gasteiger partial charge in [-0.05, 0) is 0 Å². The maximum atomic E-state index is 11.8. The van der Waals surface area contributed by atoms with E-state index in [2.05, 4.69) is 5.10 Å². The Morgan fingerprint density at radius 2 is 2.00 bits per heavy atom. The lowest BCUT2D eigenvalue weighted by Gasteiger charge is -2.10. The Hall–Kier alpha value is -2.82.